The Morgan fingerprint density at radius 2 is 1.85 bits per heavy atom. The van der Waals surface area contributed by atoms with Gasteiger partial charge in [-0.25, -0.2) is 13.6 Å². The Balaban J connectivity index is 1.99. The van der Waals surface area contributed by atoms with Crippen molar-refractivity contribution in [2.24, 2.45) is 0 Å². The molecule has 20 heavy (non-hydrogen) atoms. The van der Waals surface area contributed by atoms with Gasteiger partial charge in [0.15, 0.2) is 0 Å². The highest BCUT2D eigenvalue weighted by Gasteiger charge is 2.20. The van der Waals surface area contributed by atoms with Crippen LogP contribution >= 0.6 is 0 Å². The van der Waals surface area contributed by atoms with E-state index in [9.17, 15) is 13.6 Å². The molecule has 0 atom stereocenters. The van der Waals surface area contributed by atoms with Gasteiger partial charge in [-0.2, -0.15) is 0 Å². The summed E-state index contributed by atoms with van der Waals surface area (Å²) >= 11 is 0. The van der Waals surface area contributed by atoms with Gasteiger partial charge in [-0.15, -0.1) is 0 Å². The summed E-state index contributed by atoms with van der Waals surface area (Å²) < 4.78 is 31.3. The number of ether oxygens (including phenoxy) is 1. The van der Waals surface area contributed by atoms with Crippen LogP contribution in [0.25, 0.3) is 0 Å². The first-order valence-electron chi connectivity index (χ1n) is 6.90. The first-order chi connectivity index (χ1) is 9.58. The number of carbonyl (C=O) groups excluding carboxylic acids is 1. The Bertz CT molecular complexity index is 493. The highest BCUT2D eigenvalue weighted by atomic mass is 19.1. The van der Waals surface area contributed by atoms with E-state index in [1.807, 2.05) is 0 Å². The van der Waals surface area contributed by atoms with Crippen molar-refractivity contribution in [3.63, 3.8) is 0 Å². The lowest BCUT2D eigenvalue weighted by atomic mass is 9.81. The van der Waals surface area contributed by atoms with Crippen LogP contribution < -0.4 is 0 Å². The summed E-state index contributed by atoms with van der Waals surface area (Å²) in [6, 6.07) is 3.68. The third kappa shape index (κ3) is 3.89. The molecule has 2 rings (SSSR count). The van der Waals surface area contributed by atoms with E-state index < -0.39 is 11.6 Å². The molecular formula is C16H18F2O2. The first kappa shape index (κ1) is 14.7. The van der Waals surface area contributed by atoms with Crippen LogP contribution in [0.15, 0.2) is 29.8 Å². The SMILES string of the molecule is CCOC(=O)C=C1CCC(c2cc(F)cc(F)c2)CC1. The van der Waals surface area contributed by atoms with Gasteiger partial charge in [0.05, 0.1) is 6.61 Å². The van der Waals surface area contributed by atoms with E-state index in [2.05, 4.69) is 0 Å². The number of carbonyl (C=O) groups is 1. The average molecular weight is 280 g/mol. The van der Waals surface area contributed by atoms with Crippen molar-refractivity contribution in [1.29, 1.82) is 0 Å². The van der Waals surface area contributed by atoms with Crippen LogP contribution in [0.2, 0.25) is 0 Å². The fraction of sp³-hybridized carbons (Fsp3) is 0.438. The minimum atomic E-state index is -0.534. The van der Waals surface area contributed by atoms with Crippen LogP contribution in [0, 0.1) is 11.6 Å². The van der Waals surface area contributed by atoms with Crippen LogP contribution in [0.3, 0.4) is 0 Å². The summed E-state index contributed by atoms with van der Waals surface area (Å²) in [5.74, 6) is -1.22. The number of hydrogen-bond acceptors (Lipinski definition) is 2. The van der Waals surface area contributed by atoms with Crippen molar-refractivity contribution in [3.8, 4) is 0 Å². The smallest absolute Gasteiger partial charge is 0.330 e. The molecule has 1 saturated carbocycles. The topological polar surface area (TPSA) is 26.3 Å². The van der Waals surface area contributed by atoms with E-state index in [1.165, 1.54) is 12.1 Å². The number of esters is 1. The van der Waals surface area contributed by atoms with E-state index in [1.54, 1.807) is 13.0 Å². The van der Waals surface area contributed by atoms with Crippen LogP contribution in [0.1, 0.15) is 44.1 Å². The van der Waals surface area contributed by atoms with E-state index in [0.29, 0.717) is 12.2 Å². The number of rotatable bonds is 3. The molecule has 0 amide bonds. The van der Waals surface area contributed by atoms with Gasteiger partial charge in [0, 0.05) is 12.1 Å². The molecule has 1 aliphatic rings. The fourth-order valence-electron chi connectivity index (χ4n) is 2.63. The molecule has 0 spiro atoms. The Kier molecular flexibility index (Phi) is 4.88. The molecular weight excluding hydrogens is 262 g/mol. The van der Waals surface area contributed by atoms with Crippen molar-refractivity contribution in [2.45, 2.75) is 38.5 Å². The molecule has 1 fully saturated rings. The molecule has 4 heteroatoms. The largest absolute Gasteiger partial charge is 0.463 e. The van der Waals surface area contributed by atoms with Crippen LogP contribution in [-0.2, 0) is 9.53 Å². The second-order valence-corrected chi connectivity index (χ2v) is 5.03. The lowest BCUT2D eigenvalue weighted by molar-refractivity contribution is -0.137. The molecule has 2 nitrogen and oxygen atoms in total. The molecule has 0 heterocycles. The van der Waals surface area contributed by atoms with Gasteiger partial charge >= 0.3 is 5.97 Å². The van der Waals surface area contributed by atoms with Crippen molar-refractivity contribution >= 4 is 5.97 Å². The first-order valence-corrected chi connectivity index (χ1v) is 6.90. The molecule has 0 radical (unpaired) electrons. The second kappa shape index (κ2) is 6.64. The highest BCUT2D eigenvalue weighted by molar-refractivity contribution is 5.82. The zero-order chi connectivity index (χ0) is 14.5. The molecule has 0 aliphatic heterocycles. The number of benzene rings is 1. The van der Waals surface area contributed by atoms with Gasteiger partial charge in [-0.05, 0) is 56.2 Å². The normalized spacial score (nSPS) is 18.8. The van der Waals surface area contributed by atoms with Gasteiger partial charge in [-0.1, -0.05) is 5.57 Å². The molecule has 0 N–H and O–H groups in total. The van der Waals surface area contributed by atoms with Gasteiger partial charge in [0.1, 0.15) is 11.6 Å². The maximum Gasteiger partial charge on any atom is 0.330 e. The maximum absolute atomic E-state index is 13.2. The van der Waals surface area contributed by atoms with Gasteiger partial charge in [0.2, 0.25) is 0 Å². The molecule has 0 bridgehead atoms. The Hall–Kier alpha value is -1.71. The van der Waals surface area contributed by atoms with Gasteiger partial charge in [0.25, 0.3) is 0 Å². The lowest BCUT2D eigenvalue weighted by Gasteiger charge is -2.24. The van der Waals surface area contributed by atoms with Crippen molar-refractivity contribution in [1.82, 2.24) is 0 Å². The summed E-state index contributed by atoms with van der Waals surface area (Å²) in [6.45, 7) is 2.14. The van der Waals surface area contributed by atoms with Crippen molar-refractivity contribution in [3.05, 3.63) is 47.0 Å². The standard InChI is InChI=1S/C16H18F2O2/c1-2-20-16(19)7-11-3-5-12(6-4-11)13-8-14(17)10-15(18)9-13/h7-10,12H,2-6H2,1H3. The fourth-order valence-corrected chi connectivity index (χ4v) is 2.63. The zero-order valence-electron chi connectivity index (χ0n) is 11.5. The summed E-state index contributed by atoms with van der Waals surface area (Å²) in [5.41, 5.74) is 1.76. The second-order valence-electron chi connectivity index (χ2n) is 5.03. The minimum absolute atomic E-state index is 0.152. The average Bonchev–Trinajstić information content (AvgIpc) is 2.38. The van der Waals surface area contributed by atoms with E-state index in [4.69, 9.17) is 4.74 Å². The molecule has 1 aliphatic carbocycles. The number of halogens is 2. The van der Waals surface area contributed by atoms with Crippen LogP contribution in [-0.4, -0.2) is 12.6 Å². The van der Waals surface area contributed by atoms with Crippen LogP contribution in [0.5, 0.6) is 0 Å². The predicted molar refractivity (Wildman–Crippen MR) is 72.3 cm³/mol. The summed E-state index contributed by atoms with van der Waals surface area (Å²) in [5, 5.41) is 0. The maximum atomic E-state index is 13.2. The predicted octanol–water partition coefficient (Wildman–Crippen LogP) is 4.11. The molecule has 0 unspecified atom stereocenters. The van der Waals surface area contributed by atoms with E-state index in [0.717, 1.165) is 37.3 Å². The number of hydrogen-bond donors (Lipinski definition) is 0. The third-order valence-electron chi connectivity index (χ3n) is 3.59. The highest BCUT2D eigenvalue weighted by Crippen LogP contribution is 2.35. The third-order valence-corrected chi connectivity index (χ3v) is 3.59. The molecule has 0 aromatic heterocycles. The molecule has 1 aromatic carbocycles. The Morgan fingerprint density at radius 1 is 1.25 bits per heavy atom. The Labute approximate surface area is 117 Å². The quantitative estimate of drug-likeness (QED) is 0.615. The molecule has 108 valence electrons. The number of allylic oxidation sites excluding steroid dienone is 1. The van der Waals surface area contributed by atoms with Gasteiger partial charge < -0.3 is 4.74 Å². The lowest BCUT2D eigenvalue weighted by Crippen LogP contribution is -2.09. The van der Waals surface area contributed by atoms with E-state index >= 15 is 0 Å². The summed E-state index contributed by atoms with van der Waals surface area (Å²) in [4.78, 5) is 11.4. The molecule has 1 aromatic rings. The van der Waals surface area contributed by atoms with Crippen LogP contribution in [0.4, 0.5) is 8.78 Å². The van der Waals surface area contributed by atoms with Crippen molar-refractivity contribution < 1.29 is 18.3 Å². The van der Waals surface area contributed by atoms with Gasteiger partial charge in [-0.3, -0.25) is 0 Å². The monoisotopic (exact) mass is 280 g/mol. The summed E-state index contributed by atoms with van der Waals surface area (Å²) in [7, 11) is 0. The minimum Gasteiger partial charge on any atom is -0.463 e. The Morgan fingerprint density at radius 3 is 2.40 bits per heavy atom. The van der Waals surface area contributed by atoms with E-state index in [-0.39, 0.29) is 11.9 Å². The summed E-state index contributed by atoms with van der Waals surface area (Å²) in [6.07, 6.45) is 4.68. The zero-order valence-corrected chi connectivity index (χ0v) is 11.5. The van der Waals surface area contributed by atoms with Crippen molar-refractivity contribution in [2.75, 3.05) is 6.61 Å². The molecule has 0 saturated heterocycles.